The molecule has 0 aliphatic rings. The fourth-order valence-electron chi connectivity index (χ4n) is 2.16. The van der Waals surface area contributed by atoms with Gasteiger partial charge < -0.3 is 5.32 Å². The first-order chi connectivity index (χ1) is 12.6. The van der Waals surface area contributed by atoms with Crippen LogP contribution in [0.5, 0.6) is 0 Å². The van der Waals surface area contributed by atoms with Gasteiger partial charge in [0.25, 0.3) is 5.91 Å². The molecule has 0 saturated heterocycles. The van der Waals surface area contributed by atoms with E-state index in [1.54, 1.807) is 0 Å². The molecule has 2 rings (SSSR count). The largest absolute Gasteiger partial charge is 0.416 e. The Morgan fingerprint density at radius 3 is 1.86 bits per heavy atom. The molecular weight excluding hydrogens is 436 g/mol. The summed E-state index contributed by atoms with van der Waals surface area (Å²) in [6.07, 6.45) is -9.34. The van der Waals surface area contributed by atoms with Crippen molar-refractivity contribution in [3.63, 3.8) is 0 Å². The third-order valence-electron chi connectivity index (χ3n) is 3.44. The number of hydrogen-bond donors (Lipinski definition) is 1. The van der Waals surface area contributed by atoms with Crippen molar-refractivity contribution in [2.45, 2.75) is 17.2 Å². The highest BCUT2D eigenvalue weighted by molar-refractivity contribution is 7.90. The zero-order chi connectivity index (χ0) is 21.5. The number of alkyl halides is 6. The van der Waals surface area contributed by atoms with Gasteiger partial charge in [0.15, 0.2) is 9.84 Å². The third-order valence-corrected chi connectivity index (χ3v) is 5.02. The highest BCUT2D eigenvalue weighted by Gasteiger charge is 2.37. The fourth-order valence-corrected chi connectivity index (χ4v) is 3.46. The molecule has 152 valence electrons. The maximum Gasteiger partial charge on any atom is 0.416 e. The first-order valence-electron chi connectivity index (χ1n) is 7.19. The van der Waals surface area contributed by atoms with Crippen LogP contribution < -0.4 is 5.32 Å². The topological polar surface area (TPSA) is 63.2 Å². The van der Waals surface area contributed by atoms with E-state index < -0.39 is 49.8 Å². The lowest BCUT2D eigenvalue weighted by molar-refractivity contribution is -0.143. The van der Waals surface area contributed by atoms with Crippen LogP contribution in [0.15, 0.2) is 41.3 Å². The van der Waals surface area contributed by atoms with Crippen LogP contribution in [0.3, 0.4) is 0 Å². The Hall–Kier alpha value is -2.27. The predicted octanol–water partition coefficient (Wildman–Crippen LogP) is 5.03. The Morgan fingerprint density at radius 2 is 1.43 bits per heavy atom. The fraction of sp³-hybridized carbons (Fsp3) is 0.188. The second-order valence-corrected chi connectivity index (χ2v) is 8.06. The molecule has 0 spiro atoms. The van der Waals surface area contributed by atoms with Gasteiger partial charge in [0.05, 0.1) is 21.0 Å². The highest BCUT2D eigenvalue weighted by Crippen LogP contribution is 2.37. The van der Waals surface area contributed by atoms with Crippen LogP contribution in [0.4, 0.5) is 32.0 Å². The SMILES string of the molecule is CS(=O)(=O)c1cc(C(=O)Nc2cc(C(F)(F)F)cc(C(F)(F)F)c2)ccc1Cl. The number of hydrogen-bond acceptors (Lipinski definition) is 3. The average Bonchev–Trinajstić information content (AvgIpc) is 2.52. The van der Waals surface area contributed by atoms with Crippen molar-refractivity contribution < 1.29 is 39.6 Å². The summed E-state index contributed by atoms with van der Waals surface area (Å²) in [7, 11) is -3.82. The van der Waals surface area contributed by atoms with Crippen LogP contribution >= 0.6 is 11.6 Å². The maximum atomic E-state index is 12.9. The van der Waals surface area contributed by atoms with Crippen LogP contribution in [0, 0.1) is 0 Å². The van der Waals surface area contributed by atoms with Crippen molar-refractivity contribution in [1.82, 2.24) is 0 Å². The Bertz CT molecular complexity index is 999. The van der Waals surface area contributed by atoms with E-state index in [-0.39, 0.29) is 16.7 Å². The van der Waals surface area contributed by atoms with Crippen LogP contribution in [0.1, 0.15) is 21.5 Å². The number of carbonyl (C=O) groups is 1. The van der Waals surface area contributed by atoms with E-state index in [2.05, 4.69) is 0 Å². The number of nitrogens with one attached hydrogen (secondary N) is 1. The quantitative estimate of drug-likeness (QED) is 0.674. The van der Waals surface area contributed by atoms with Crippen molar-refractivity contribution in [2.24, 2.45) is 0 Å². The standard InChI is InChI=1S/C16H10ClF6NO3S/c1-28(26,27)13-4-8(2-3-12(13)17)14(25)24-11-6-9(15(18,19)20)5-10(7-11)16(21,22)23/h2-7H,1H3,(H,24,25). The summed E-state index contributed by atoms with van der Waals surface area (Å²) >= 11 is 5.73. The van der Waals surface area contributed by atoms with Gasteiger partial charge >= 0.3 is 12.4 Å². The van der Waals surface area contributed by atoms with Gasteiger partial charge in [-0.1, -0.05) is 11.6 Å². The summed E-state index contributed by atoms with van der Waals surface area (Å²) in [5.74, 6) is -1.12. The van der Waals surface area contributed by atoms with Crippen molar-refractivity contribution in [1.29, 1.82) is 0 Å². The third kappa shape index (κ3) is 5.16. The van der Waals surface area contributed by atoms with E-state index in [9.17, 15) is 39.6 Å². The zero-order valence-electron chi connectivity index (χ0n) is 13.7. The number of anilines is 1. The van der Waals surface area contributed by atoms with Crippen molar-refractivity contribution in [3.8, 4) is 0 Å². The van der Waals surface area contributed by atoms with Gasteiger partial charge in [0.1, 0.15) is 0 Å². The molecule has 0 aliphatic carbocycles. The molecule has 28 heavy (non-hydrogen) atoms. The average molecular weight is 446 g/mol. The van der Waals surface area contributed by atoms with Gasteiger partial charge in [-0.25, -0.2) is 8.42 Å². The predicted molar refractivity (Wildman–Crippen MR) is 89.0 cm³/mol. The van der Waals surface area contributed by atoms with Gasteiger partial charge in [0.2, 0.25) is 0 Å². The molecule has 1 N–H and O–H groups in total. The number of rotatable bonds is 3. The van der Waals surface area contributed by atoms with Crippen LogP contribution in [0.2, 0.25) is 5.02 Å². The van der Waals surface area contributed by atoms with Gasteiger partial charge in [0, 0.05) is 17.5 Å². The Morgan fingerprint density at radius 1 is 0.929 bits per heavy atom. The minimum absolute atomic E-state index is 0.0836. The molecule has 0 unspecified atom stereocenters. The lowest BCUT2D eigenvalue weighted by atomic mass is 10.1. The number of sulfone groups is 1. The second-order valence-electron chi connectivity index (χ2n) is 5.67. The van der Waals surface area contributed by atoms with E-state index in [0.29, 0.717) is 12.1 Å². The molecule has 0 fully saturated rings. The smallest absolute Gasteiger partial charge is 0.322 e. The van der Waals surface area contributed by atoms with Crippen molar-refractivity contribution in [3.05, 3.63) is 58.1 Å². The number of benzene rings is 2. The minimum Gasteiger partial charge on any atom is -0.322 e. The first-order valence-corrected chi connectivity index (χ1v) is 9.46. The van der Waals surface area contributed by atoms with Crippen LogP contribution in [0.25, 0.3) is 0 Å². The molecule has 0 heterocycles. The molecule has 0 radical (unpaired) electrons. The molecule has 12 heteroatoms. The molecule has 2 aromatic rings. The van der Waals surface area contributed by atoms with Crippen molar-refractivity contribution in [2.75, 3.05) is 11.6 Å². The van der Waals surface area contributed by atoms with Gasteiger partial charge in [-0.2, -0.15) is 26.3 Å². The maximum absolute atomic E-state index is 12.9. The van der Waals surface area contributed by atoms with Gasteiger partial charge in [-0.3, -0.25) is 4.79 Å². The summed E-state index contributed by atoms with van der Waals surface area (Å²) in [4.78, 5) is 11.8. The molecule has 0 aromatic heterocycles. The lowest BCUT2D eigenvalue weighted by Gasteiger charge is -2.15. The molecular formula is C16H10ClF6NO3S. The molecule has 1 amide bonds. The van der Waals surface area contributed by atoms with E-state index in [0.717, 1.165) is 24.5 Å². The summed E-state index contributed by atoms with van der Waals surface area (Å²) in [5.41, 5.74) is -4.30. The van der Waals surface area contributed by atoms with Gasteiger partial charge in [-0.15, -0.1) is 0 Å². The molecule has 0 aliphatic heterocycles. The second kappa shape index (κ2) is 7.28. The molecule has 0 saturated carbocycles. The van der Waals surface area contributed by atoms with Crippen LogP contribution in [-0.2, 0) is 22.2 Å². The van der Waals surface area contributed by atoms with E-state index in [1.807, 2.05) is 5.32 Å². The number of amides is 1. The number of carbonyl (C=O) groups excluding carboxylic acids is 1. The molecule has 4 nitrogen and oxygen atoms in total. The van der Waals surface area contributed by atoms with Crippen LogP contribution in [-0.4, -0.2) is 20.6 Å². The summed E-state index contributed by atoms with van der Waals surface area (Å²) in [6.45, 7) is 0. The first kappa shape index (κ1) is 22.0. The molecule has 0 atom stereocenters. The molecule has 0 bridgehead atoms. The zero-order valence-corrected chi connectivity index (χ0v) is 15.3. The lowest BCUT2D eigenvalue weighted by Crippen LogP contribution is -2.16. The summed E-state index contributed by atoms with van der Waals surface area (Å²) < 4.78 is 100. The van der Waals surface area contributed by atoms with E-state index in [1.165, 1.54) is 0 Å². The minimum atomic E-state index is -5.08. The Kier molecular flexibility index (Phi) is 5.73. The summed E-state index contributed by atoms with van der Waals surface area (Å²) in [6, 6.07) is 3.59. The van der Waals surface area contributed by atoms with E-state index >= 15 is 0 Å². The Labute approximate surface area is 160 Å². The highest BCUT2D eigenvalue weighted by atomic mass is 35.5. The normalized spacial score (nSPS) is 12.7. The Balaban J connectivity index is 2.47. The van der Waals surface area contributed by atoms with Gasteiger partial charge in [-0.05, 0) is 36.4 Å². The monoisotopic (exact) mass is 445 g/mol. The number of halogens is 7. The van der Waals surface area contributed by atoms with Crippen molar-refractivity contribution >= 4 is 33.0 Å². The summed E-state index contributed by atoms with van der Waals surface area (Å²) in [5, 5.41) is 1.71. The van der Waals surface area contributed by atoms with E-state index in [4.69, 9.17) is 11.6 Å². The molecule has 2 aromatic carbocycles.